The van der Waals surface area contributed by atoms with E-state index in [9.17, 15) is 9.59 Å². The maximum Gasteiger partial charge on any atom is 0.273 e. The van der Waals surface area contributed by atoms with E-state index in [1.165, 1.54) is 32.1 Å². The van der Waals surface area contributed by atoms with E-state index in [0.29, 0.717) is 23.4 Å². The molecule has 0 spiro atoms. The molecule has 2 aromatic rings. The molecule has 2 aromatic heterocycles. The zero-order chi connectivity index (χ0) is 18.1. The molecule has 0 aliphatic heterocycles. The first-order valence-corrected chi connectivity index (χ1v) is 9.17. The highest BCUT2D eigenvalue weighted by molar-refractivity contribution is 5.84. The predicted octanol–water partition coefficient (Wildman–Crippen LogP) is 2.46. The van der Waals surface area contributed by atoms with Gasteiger partial charge in [-0.15, -0.1) is 0 Å². The minimum Gasteiger partial charge on any atom is -0.345 e. The van der Waals surface area contributed by atoms with E-state index in [0.717, 1.165) is 23.4 Å². The Bertz CT molecular complexity index is 843. The van der Waals surface area contributed by atoms with Crippen molar-refractivity contribution in [3.05, 3.63) is 27.2 Å². The van der Waals surface area contributed by atoms with Gasteiger partial charge in [-0.05, 0) is 43.7 Å². The fraction of sp³-hybridized carbons (Fsp3) is 0.632. The second-order valence-corrected chi connectivity index (χ2v) is 7.45. The molecular formula is C19H28N4O2. The van der Waals surface area contributed by atoms with E-state index in [1.807, 2.05) is 25.8 Å². The Morgan fingerprint density at radius 1 is 1.28 bits per heavy atom. The van der Waals surface area contributed by atoms with E-state index < -0.39 is 0 Å². The van der Waals surface area contributed by atoms with Crippen LogP contribution in [0.2, 0.25) is 0 Å². The average molecular weight is 344 g/mol. The highest BCUT2D eigenvalue weighted by Crippen LogP contribution is 2.25. The Morgan fingerprint density at radius 2 is 1.96 bits per heavy atom. The molecule has 0 aromatic carbocycles. The molecule has 0 saturated heterocycles. The van der Waals surface area contributed by atoms with Crippen molar-refractivity contribution in [2.45, 2.75) is 52.4 Å². The summed E-state index contributed by atoms with van der Waals surface area (Å²) in [5.41, 5.74) is 3.06. The Morgan fingerprint density at radius 3 is 2.64 bits per heavy atom. The largest absolute Gasteiger partial charge is 0.345 e. The van der Waals surface area contributed by atoms with Crippen molar-refractivity contribution >= 4 is 16.9 Å². The number of nitrogens with one attached hydrogen (secondary N) is 1. The van der Waals surface area contributed by atoms with Gasteiger partial charge in [-0.2, -0.15) is 0 Å². The summed E-state index contributed by atoms with van der Waals surface area (Å²) >= 11 is 0. The number of aromatic amines is 1. The third kappa shape index (κ3) is 3.48. The number of hydrogen-bond donors (Lipinski definition) is 1. The molecule has 1 amide bonds. The number of fused-ring (bicyclic) bond motifs is 1. The van der Waals surface area contributed by atoms with Crippen LogP contribution in [0.15, 0.2) is 4.79 Å². The molecule has 0 bridgehead atoms. The highest BCUT2D eigenvalue weighted by Gasteiger charge is 2.21. The van der Waals surface area contributed by atoms with Crippen molar-refractivity contribution in [2.24, 2.45) is 13.0 Å². The van der Waals surface area contributed by atoms with Crippen LogP contribution < -0.4 is 5.56 Å². The number of amides is 1. The van der Waals surface area contributed by atoms with Crippen molar-refractivity contribution in [1.29, 1.82) is 0 Å². The van der Waals surface area contributed by atoms with Gasteiger partial charge in [-0.3, -0.25) is 19.4 Å². The molecule has 1 aliphatic carbocycles. The van der Waals surface area contributed by atoms with Gasteiger partial charge in [-0.1, -0.05) is 19.3 Å². The van der Waals surface area contributed by atoms with Gasteiger partial charge in [-0.25, -0.2) is 4.98 Å². The summed E-state index contributed by atoms with van der Waals surface area (Å²) in [6.45, 7) is 4.65. The lowest BCUT2D eigenvalue weighted by Gasteiger charge is -2.27. The van der Waals surface area contributed by atoms with Crippen LogP contribution >= 0.6 is 0 Å². The molecule has 25 heavy (non-hydrogen) atoms. The van der Waals surface area contributed by atoms with Crippen LogP contribution in [0.25, 0.3) is 11.0 Å². The smallest absolute Gasteiger partial charge is 0.273 e. The number of nitrogens with zero attached hydrogens (tertiary/aromatic N) is 3. The molecule has 0 atom stereocenters. The summed E-state index contributed by atoms with van der Waals surface area (Å²) in [4.78, 5) is 31.3. The third-order valence-corrected chi connectivity index (χ3v) is 5.59. The molecule has 6 heteroatoms. The molecule has 0 radical (unpaired) electrons. The summed E-state index contributed by atoms with van der Waals surface area (Å²) in [5, 5.41) is 3.33. The second kappa shape index (κ2) is 7.02. The molecule has 2 heterocycles. The van der Waals surface area contributed by atoms with E-state index >= 15 is 0 Å². The quantitative estimate of drug-likeness (QED) is 0.926. The van der Waals surface area contributed by atoms with Crippen molar-refractivity contribution < 1.29 is 4.79 Å². The molecular weight excluding hydrogens is 316 g/mol. The number of likely N-dealkylation sites (N-methyl/N-ethyl adjacent to an activating group) is 1. The lowest BCUT2D eigenvalue weighted by molar-refractivity contribution is -0.129. The SMILES string of the molecule is Cc1nc2c(c(C)c1CC(=O)N(C)CC1CCCCC1)c(=O)[nH]n2C. The Kier molecular flexibility index (Phi) is 4.97. The van der Waals surface area contributed by atoms with Gasteiger partial charge in [0.25, 0.3) is 5.56 Å². The zero-order valence-electron chi connectivity index (χ0n) is 15.7. The molecule has 136 valence electrons. The topological polar surface area (TPSA) is 71.0 Å². The standard InChI is InChI=1S/C19H28N4O2/c1-12-15(13(2)20-18-17(12)19(25)21-23(18)4)10-16(24)22(3)11-14-8-6-5-7-9-14/h14H,5-11H2,1-4H3,(H,21,25). The number of aryl methyl sites for hydroxylation is 3. The van der Waals surface area contributed by atoms with E-state index in [4.69, 9.17) is 0 Å². The van der Waals surface area contributed by atoms with Gasteiger partial charge >= 0.3 is 0 Å². The summed E-state index contributed by atoms with van der Waals surface area (Å²) in [7, 11) is 3.67. The van der Waals surface area contributed by atoms with Crippen LogP contribution in [0.1, 0.15) is 48.9 Å². The second-order valence-electron chi connectivity index (χ2n) is 7.45. The number of carbonyl (C=O) groups is 1. The number of carbonyl (C=O) groups excluding carboxylic acids is 1. The van der Waals surface area contributed by atoms with Gasteiger partial charge in [0.2, 0.25) is 5.91 Å². The average Bonchev–Trinajstić information content (AvgIpc) is 2.86. The van der Waals surface area contributed by atoms with E-state index in [-0.39, 0.29) is 11.5 Å². The first-order chi connectivity index (χ1) is 11.9. The minimum absolute atomic E-state index is 0.102. The van der Waals surface area contributed by atoms with Crippen LogP contribution in [0.3, 0.4) is 0 Å². The molecule has 3 rings (SSSR count). The van der Waals surface area contributed by atoms with Gasteiger partial charge in [0.1, 0.15) is 0 Å². The lowest BCUT2D eigenvalue weighted by atomic mass is 9.89. The summed E-state index contributed by atoms with van der Waals surface area (Å²) in [6, 6.07) is 0. The zero-order valence-corrected chi connectivity index (χ0v) is 15.7. The number of H-pyrrole nitrogens is 1. The molecule has 1 saturated carbocycles. The predicted molar refractivity (Wildman–Crippen MR) is 98.7 cm³/mol. The Labute approximate surface area is 148 Å². The van der Waals surface area contributed by atoms with Gasteiger partial charge in [0, 0.05) is 26.3 Å². The highest BCUT2D eigenvalue weighted by atomic mass is 16.2. The van der Waals surface area contributed by atoms with E-state index in [2.05, 4.69) is 10.1 Å². The number of rotatable bonds is 4. The van der Waals surface area contributed by atoms with Crippen molar-refractivity contribution in [3.8, 4) is 0 Å². The van der Waals surface area contributed by atoms with Crippen LogP contribution in [0.5, 0.6) is 0 Å². The third-order valence-electron chi connectivity index (χ3n) is 5.59. The van der Waals surface area contributed by atoms with E-state index in [1.54, 1.807) is 11.7 Å². The summed E-state index contributed by atoms with van der Waals surface area (Å²) in [6.07, 6.45) is 6.64. The normalized spacial score (nSPS) is 15.7. The number of aromatic nitrogens is 3. The monoisotopic (exact) mass is 344 g/mol. The molecule has 1 aliphatic rings. The fourth-order valence-electron chi connectivity index (χ4n) is 4.05. The van der Waals surface area contributed by atoms with Gasteiger partial charge in [0.15, 0.2) is 5.65 Å². The van der Waals surface area contributed by atoms with Crippen molar-refractivity contribution in [2.75, 3.05) is 13.6 Å². The van der Waals surface area contributed by atoms with Crippen LogP contribution in [0, 0.1) is 19.8 Å². The summed E-state index contributed by atoms with van der Waals surface area (Å²) in [5.74, 6) is 0.729. The molecule has 0 unspecified atom stereocenters. The van der Waals surface area contributed by atoms with Crippen molar-refractivity contribution in [1.82, 2.24) is 19.7 Å². The first-order valence-electron chi connectivity index (χ1n) is 9.17. The van der Waals surface area contributed by atoms with Gasteiger partial charge in [0.05, 0.1) is 11.8 Å². The summed E-state index contributed by atoms with van der Waals surface area (Å²) < 4.78 is 1.64. The number of pyridine rings is 1. The van der Waals surface area contributed by atoms with Crippen LogP contribution in [-0.4, -0.2) is 39.2 Å². The Hall–Kier alpha value is -2.11. The lowest BCUT2D eigenvalue weighted by Crippen LogP contribution is -2.34. The first kappa shape index (κ1) is 17.7. The Balaban J connectivity index is 1.81. The maximum atomic E-state index is 12.7. The molecule has 1 fully saturated rings. The van der Waals surface area contributed by atoms with Crippen LogP contribution in [-0.2, 0) is 18.3 Å². The van der Waals surface area contributed by atoms with Gasteiger partial charge < -0.3 is 4.90 Å². The molecule has 6 nitrogen and oxygen atoms in total. The minimum atomic E-state index is -0.147. The van der Waals surface area contributed by atoms with Crippen molar-refractivity contribution in [3.63, 3.8) is 0 Å². The fourth-order valence-corrected chi connectivity index (χ4v) is 4.05. The van der Waals surface area contributed by atoms with Crippen LogP contribution in [0.4, 0.5) is 0 Å². The molecule has 1 N–H and O–H groups in total. The maximum absolute atomic E-state index is 12.7. The number of hydrogen-bond acceptors (Lipinski definition) is 3.